The predicted octanol–water partition coefficient (Wildman–Crippen LogP) is 3.28. The minimum absolute atomic E-state index is 0.0524. The Morgan fingerprint density at radius 3 is 2.74 bits per heavy atom. The Morgan fingerprint density at radius 1 is 1.26 bits per heavy atom. The lowest BCUT2D eigenvalue weighted by molar-refractivity contribution is -0.0161. The van der Waals surface area contributed by atoms with E-state index in [0.29, 0.717) is 18.6 Å². The summed E-state index contributed by atoms with van der Waals surface area (Å²) in [4.78, 5) is 0. The van der Waals surface area contributed by atoms with Crippen molar-refractivity contribution in [1.29, 1.82) is 0 Å². The molecule has 1 aromatic rings. The van der Waals surface area contributed by atoms with Crippen molar-refractivity contribution in [2.75, 3.05) is 7.11 Å². The summed E-state index contributed by atoms with van der Waals surface area (Å²) in [7, 11) is 1.67. The van der Waals surface area contributed by atoms with Gasteiger partial charge in [-0.1, -0.05) is 25.8 Å². The summed E-state index contributed by atoms with van der Waals surface area (Å²) in [5.74, 6) is 1.47. The highest BCUT2D eigenvalue weighted by atomic mass is 16.5. The van der Waals surface area contributed by atoms with Crippen LogP contribution in [0.15, 0.2) is 18.2 Å². The minimum atomic E-state index is 0.0524. The van der Waals surface area contributed by atoms with Crippen molar-refractivity contribution in [3.8, 4) is 5.75 Å². The van der Waals surface area contributed by atoms with Crippen LogP contribution in [0.5, 0.6) is 5.75 Å². The van der Waals surface area contributed by atoms with E-state index < -0.39 is 0 Å². The standard InChI is InChI=1S/C16H24O3/c1-12-5-3-4-6-15(12)19-11-14-9-13(10-17)7-8-16(14)18-2/h7-9,12,15,17H,3-6,10-11H2,1-2H3. The van der Waals surface area contributed by atoms with E-state index in [2.05, 4.69) is 6.92 Å². The summed E-state index contributed by atoms with van der Waals surface area (Å²) < 4.78 is 11.4. The molecular weight excluding hydrogens is 240 g/mol. The third-order valence-electron chi connectivity index (χ3n) is 4.01. The number of rotatable bonds is 5. The van der Waals surface area contributed by atoms with Gasteiger partial charge in [0.05, 0.1) is 26.4 Å². The molecule has 1 aliphatic carbocycles. The number of methoxy groups -OCH3 is 1. The van der Waals surface area contributed by atoms with Gasteiger partial charge in [0.1, 0.15) is 5.75 Å². The van der Waals surface area contributed by atoms with E-state index in [1.54, 1.807) is 7.11 Å². The number of hydrogen-bond acceptors (Lipinski definition) is 3. The maximum absolute atomic E-state index is 9.20. The molecule has 1 aliphatic rings. The summed E-state index contributed by atoms with van der Waals surface area (Å²) in [6, 6.07) is 5.74. The summed E-state index contributed by atoms with van der Waals surface area (Å²) in [6.45, 7) is 2.88. The quantitative estimate of drug-likeness (QED) is 0.887. The molecule has 2 rings (SSSR count). The van der Waals surface area contributed by atoms with Gasteiger partial charge in [-0.05, 0) is 36.5 Å². The number of aliphatic hydroxyl groups is 1. The average molecular weight is 264 g/mol. The van der Waals surface area contributed by atoms with Crippen molar-refractivity contribution in [2.24, 2.45) is 5.92 Å². The van der Waals surface area contributed by atoms with E-state index in [-0.39, 0.29) is 6.61 Å². The van der Waals surface area contributed by atoms with Crippen molar-refractivity contribution in [2.45, 2.75) is 51.9 Å². The van der Waals surface area contributed by atoms with Gasteiger partial charge in [0.25, 0.3) is 0 Å². The number of ether oxygens (including phenoxy) is 2. The highest BCUT2D eigenvalue weighted by molar-refractivity contribution is 5.36. The van der Waals surface area contributed by atoms with Crippen LogP contribution >= 0.6 is 0 Å². The first-order valence-electron chi connectivity index (χ1n) is 7.13. The van der Waals surface area contributed by atoms with Crippen molar-refractivity contribution < 1.29 is 14.6 Å². The third-order valence-corrected chi connectivity index (χ3v) is 4.01. The van der Waals surface area contributed by atoms with E-state index in [9.17, 15) is 5.11 Å². The highest BCUT2D eigenvalue weighted by Gasteiger charge is 2.22. The van der Waals surface area contributed by atoms with Gasteiger partial charge >= 0.3 is 0 Å². The molecule has 1 fully saturated rings. The van der Waals surface area contributed by atoms with Gasteiger partial charge in [0.2, 0.25) is 0 Å². The van der Waals surface area contributed by atoms with Gasteiger partial charge < -0.3 is 14.6 Å². The molecule has 2 atom stereocenters. The molecule has 3 heteroatoms. The Labute approximate surface area is 115 Å². The molecule has 1 aromatic carbocycles. The fourth-order valence-corrected chi connectivity index (χ4v) is 2.77. The Hall–Kier alpha value is -1.06. The van der Waals surface area contributed by atoms with Crippen molar-refractivity contribution >= 4 is 0 Å². The zero-order chi connectivity index (χ0) is 13.7. The molecule has 0 aromatic heterocycles. The Morgan fingerprint density at radius 2 is 2.05 bits per heavy atom. The number of aliphatic hydroxyl groups excluding tert-OH is 1. The van der Waals surface area contributed by atoms with E-state index in [1.165, 1.54) is 19.3 Å². The molecule has 0 amide bonds. The highest BCUT2D eigenvalue weighted by Crippen LogP contribution is 2.28. The second-order valence-electron chi connectivity index (χ2n) is 5.42. The van der Waals surface area contributed by atoms with E-state index in [0.717, 1.165) is 23.3 Å². The van der Waals surface area contributed by atoms with Gasteiger partial charge in [0.15, 0.2) is 0 Å². The molecule has 19 heavy (non-hydrogen) atoms. The molecule has 106 valence electrons. The Kier molecular flexibility index (Phi) is 5.23. The molecule has 3 nitrogen and oxygen atoms in total. The van der Waals surface area contributed by atoms with Crippen LogP contribution in [0, 0.1) is 5.92 Å². The molecule has 1 saturated carbocycles. The van der Waals surface area contributed by atoms with Crippen molar-refractivity contribution in [1.82, 2.24) is 0 Å². The first-order valence-corrected chi connectivity index (χ1v) is 7.13. The molecule has 2 unspecified atom stereocenters. The molecule has 0 heterocycles. The summed E-state index contributed by atoms with van der Waals surface area (Å²) >= 11 is 0. The lowest BCUT2D eigenvalue weighted by Gasteiger charge is -2.29. The Bertz CT molecular complexity index is 403. The van der Waals surface area contributed by atoms with E-state index in [4.69, 9.17) is 9.47 Å². The second kappa shape index (κ2) is 6.92. The predicted molar refractivity (Wildman–Crippen MR) is 75.1 cm³/mol. The minimum Gasteiger partial charge on any atom is -0.496 e. The summed E-state index contributed by atoms with van der Waals surface area (Å²) in [5, 5.41) is 9.20. The smallest absolute Gasteiger partial charge is 0.124 e. The molecule has 0 saturated heterocycles. The third kappa shape index (κ3) is 3.71. The molecular formula is C16H24O3. The molecule has 1 N–H and O–H groups in total. The van der Waals surface area contributed by atoms with Gasteiger partial charge in [-0.3, -0.25) is 0 Å². The van der Waals surface area contributed by atoms with Gasteiger partial charge in [-0.15, -0.1) is 0 Å². The molecule has 0 aliphatic heterocycles. The average Bonchev–Trinajstić information content (AvgIpc) is 2.46. The van der Waals surface area contributed by atoms with Crippen molar-refractivity contribution in [3.63, 3.8) is 0 Å². The lowest BCUT2D eigenvalue weighted by Crippen LogP contribution is -2.25. The number of hydrogen-bond donors (Lipinski definition) is 1. The largest absolute Gasteiger partial charge is 0.496 e. The maximum atomic E-state index is 9.20. The van der Waals surface area contributed by atoms with Crippen LogP contribution in [0.2, 0.25) is 0 Å². The van der Waals surface area contributed by atoms with Crippen LogP contribution in [0.3, 0.4) is 0 Å². The first-order chi connectivity index (χ1) is 9.24. The monoisotopic (exact) mass is 264 g/mol. The van der Waals surface area contributed by atoms with Crippen LogP contribution < -0.4 is 4.74 Å². The molecule has 0 radical (unpaired) electrons. The topological polar surface area (TPSA) is 38.7 Å². The van der Waals surface area contributed by atoms with Crippen LogP contribution in [0.25, 0.3) is 0 Å². The van der Waals surface area contributed by atoms with E-state index in [1.807, 2.05) is 18.2 Å². The SMILES string of the molecule is COc1ccc(CO)cc1COC1CCCCC1C. The van der Waals surface area contributed by atoms with Gasteiger partial charge in [0, 0.05) is 5.56 Å². The first kappa shape index (κ1) is 14.4. The second-order valence-corrected chi connectivity index (χ2v) is 5.42. The van der Waals surface area contributed by atoms with Crippen LogP contribution in [-0.2, 0) is 18.0 Å². The Balaban J connectivity index is 2.01. The zero-order valence-corrected chi connectivity index (χ0v) is 11.9. The van der Waals surface area contributed by atoms with Gasteiger partial charge in [-0.2, -0.15) is 0 Å². The van der Waals surface area contributed by atoms with Crippen LogP contribution in [-0.4, -0.2) is 18.3 Å². The maximum Gasteiger partial charge on any atom is 0.124 e. The number of benzene rings is 1. The lowest BCUT2D eigenvalue weighted by atomic mass is 9.88. The summed E-state index contributed by atoms with van der Waals surface area (Å²) in [6.07, 6.45) is 5.37. The van der Waals surface area contributed by atoms with Gasteiger partial charge in [-0.25, -0.2) is 0 Å². The van der Waals surface area contributed by atoms with Crippen molar-refractivity contribution in [3.05, 3.63) is 29.3 Å². The summed E-state index contributed by atoms with van der Waals surface area (Å²) in [5.41, 5.74) is 1.92. The fraction of sp³-hybridized carbons (Fsp3) is 0.625. The van der Waals surface area contributed by atoms with Crippen LogP contribution in [0.1, 0.15) is 43.7 Å². The fourth-order valence-electron chi connectivity index (χ4n) is 2.77. The molecule has 0 spiro atoms. The zero-order valence-electron chi connectivity index (χ0n) is 11.9. The normalized spacial score (nSPS) is 23.3. The van der Waals surface area contributed by atoms with E-state index >= 15 is 0 Å². The van der Waals surface area contributed by atoms with Crippen LogP contribution in [0.4, 0.5) is 0 Å². The molecule has 0 bridgehead atoms.